The van der Waals surface area contributed by atoms with Crippen molar-refractivity contribution in [2.45, 2.75) is 70.5 Å². The van der Waals surface area contributed by atoms with Crippen LogP contribution in [0.2, 0.25) is 5.02 Å². The normalized spacial score (nSPS) is 22.6. The number of hydrogen-bond acceptors (Lipinski definition) is 5. The van der Waals surface area contributed by atoms with Gasteiger partial charge in [-0.25, -0.2) is 9.37 Å². The molecule has 4 rings (SSSR count). The van der Waals surface area contributed by atoms with E-state index in [1.54, 1.807) is 19.4 Å². The Balaban J connectivity index is 1.39. The summed E-state index contributed by atoms with van der Waals surface area (Å²) in [5.74, 6) is 0.569. The number of nitrogens with zero attached hydrogens (tertiary/aromatic N) is 1. The number of rotatable bonds is 10. The Kier molecular flexibility index (Phi) is 7.77. The van der Waals surface area contributed by atoms with Crippen LogP contribution in [0.4, 0.5) is 15.9 Å². The van der Waals surface area contributed by atoms with Gasteiger partial charge in [0.25, 0.3) is 0 Å². The molecule has 0 spiro atoms. The smallest absolute Gasteiger partial charge is 0.146 e. The van der Waals surface area contributed by atoms with E-state index < -0.39 is 0 Å². The Morgan fingerprint density at radius 3 is 2.61 bits per heavy atom. The molecule has 0 bridgehead atoms. The highest BCUT2D eigenvalue weighted by Crippen LogP contribution is 2.45. The average molecular weight is 475 g/mol. The van der Waals surface area contributed by atoms with E-state index in [0.717, 1.165) is 55.8 Å². The van der Waals surface area contributed by atoms with Crippen molar-refractivity contribution < 1.29 is 9.13 Å². The fourth-order valence-electron chi connectivity index (χ4n) is 4.58. The highest BCUT2D eigenvalue weighted by molar-refractivity contribution is 6.33. The summed E-state index contributed by atoms with van der Waals surface area (Å²) in [7, 11) is 1.74. The zero-order valence-electron chi connectivity index (χ0n) is 19.9. The molecule has 2 aliphatic carbocycles. The monoisotopic (exact) mass is 474 g/mol. The molecule has 2 fully saturated rings. The minimum absolute atomic E-state index is 0.239. The van der Waals surface area contributed by atoms with Gasteiger partial charge >= 0.3 is 0 Å². The molecule has 0 saturated heterocycles. The lowest BCUT2D eigenvalue weighted by molar-refractivity contribution is 0.161. The van der Waals surface area contributed by atoms with Crippen molar-refractivity contribution in [2.24, 2.45) is 5.41 Å². The van der Waals surface area contributed by atoms with Crippen molar-refractivity contribution in [3.8, 4) is 11.1 Å². The minimum atomic E-state index is -0.239. The van der Waals surface area contributed by atoms with Crippen LogP contribution in [0.5, 0.6) is 0 Å². The summed E-state index contributed by atoms with van der Waals surface area (Å²) < 4.78 is 19.6. The highest BCUT2D eigenvalue weighted by atomic mass is 35.5. The van der Waals surface area contributed by atoms with Gasteiger partial charge < -0.3 is 20.7 Å². The third-order valence-electron chi connectivity index (χ3n) is 6.96. The molecule has 5 nitrogen and oxygen atoms in total. The number of hydrogen-bond donors (Lipinski definition) is 3. The first kappa shape index (κ1) is 24.2. The lowest BCUT2D eigenvalue weighted by Crippen LogP contribution is -2.42. The van der Waals surface area contributed by atoms with Crippen molar-refractivity contribution in [3.05, 3.63) is 41.3 Å². The molecule has 2 saturated carbocycles. The van der Waals surface area contributed by atoms with E-state index in [4.69, 9.17) is 16.3 Å². The van der Waals surface area contributed by atoms with E-state index in [0.29, 0.717) is 34.3 Å². The number of nitrogens with one attached hydrogen (secondary N) is 3. The van der Waals surface area contributed by atoms with Crippen LogP contribution in [-0.4, -0.2) is 43.4 Å². The summed E-state index contributed by atoms with van der Waals surface area (Å²) in [5.41, 5.74) is 2.56. The first-order chi connectivity index (χ1) is 15.8. The Hall–Kier alpha value is -1.89. The van der Waals surface area contributed by atoms with Crippen LogP contribution in [0.1, 0.15) is 52.4 Å². The summed E-state index contributed by atoms with van der Waals surface area (Å²) in [5, 5.41) is 11.1. The number of aromatic nitrogens is 1. The number of halogens is 2. The minimum Gasteiger partial charge on any atom is -0.383 e. The molecule has 2 aromatic rings. The average Bonchev–Trinajstić information content (AvgIpc) is 3.53. The molecule has 1 aromatic heterocycles. The number of pyridine rings is 1. The third kappa shape index (κ3) is 6.58. The molecule has 0 aliphatic heterocycles. The van der Waals surface area contributed by atoms with Crippen LogP contribution in [-0.2, 0) is 4.74 Å². The van der Waals surface area contributed by atoms with Crippen molar-refractivity contribution in [1.82, 2.24) is 10.3 Å². The van der Waals surface area contributed by atoms with Crippen LogP contribution >= 0.6 is 11.6 Å². The van der Waals surface area contributed by atoms with Gasteiger partial charge in [-0.3, -0.25) is 0 Å². The van der Waals surface area contributed by atoms with Crippen LogP contribution in [0.3, 0.4) is 0 Å². The summed E-state index contributed by atoms with van der Waals surface area (Å²) in [6, 6.07) is 8.40. The Bertz CT molecular complexity index is 944. The molecular formula is C26H36ClFN4O. The maximum Gasteiger partial charge on any atom is 0.146 e. The lowest BCUT2D eigenvalue weighted by atomic mass is 9.90. The molecule has 33 heavy (non-hydrogen) atoms. The molecule has 7 heteroatoms. The summed E-state index contributed by atoms with van der Waals surface area (Å²) in [6.07, 6.45) is 8.48. The zero-order valence-corrected chi connectivity index (χ0v) is 20.6. The Morgan fingerprint density at radius 1 is 1.18 bits per heavy atom. The van der Waals surface area contributed by atoms with E-state index in [1.807, 2.05) is 12.1 Å². The summed E-state index contributed by atoms with van der Waals surface area (Å²) in [6.45, 7) is 5.90. The Labute approximate surface area is 201 Å². The van der Waals surface area contributed by atoms with Gasteiger partial charge in [-0.1, -0.05) is 24.6 Å². The standard InChI is InChI=1S/C26H36ClFN4O/c1-17(15-33-3)31-19-5-7-20(8-6-19)32-25-13-21(22(27)14-29-25)18-4-9-23(28)24(12-18)30-16-26(2)10-11-26/h4,9,12-14,17,19-20,30-31H,5-8,10-11,15-16H2,1-3H3,(H,29,32)/t17-,19?,20?/m0/s1. The molecule has 0 unspecified atom stereocenters. The van der Waals surface area contributed by atoms with Gasteiger partial charge in [0.1, 0.15) is 11.6 Å². The molecule has 3 N–H and O–H groups in total. The second-order valence-corrected chi connectivity index (χ2v) is 10.5. The number of anilines is 2. The first-order valence-corrected chi connectivity index (χ1v) is 12.4. The van der Waals surface area contributed by atoms with E-state index in [1.165, 1.54) is 18.9 Å². The summed E-state index contributed by atoms with van der Waals surface area (Å²) in [4.78, 5) is 4.50. The van der Waals surface area contributed by atoms with Crippen LogP contribution in [0.25, 0.3) is 11.1 Å². The predicted octanol–water partition coefficient (Wildman–Crippen LogP) is 6.10. The van der Waals surface area contributed by atoms with Gasteiger partial charge in [0.2, 0.25) is 0 Å². The van der Waals surface area contributed by atoms with E-state index in [9.17, 15) is 4.39 Å². The van der Waals surface area contributed by atoms with Crippen LogP contribution in [0, 0.1) is 11.2 Å². The second kappa shape index (κ2) is 10.6. The second-order valence-electron chi connectivity index (χ2n) is 10.1. The Morgan fingerprint density at radius 2 is 1.91 bits per heavy atom. The highest BCUT2D eigenvalue weighted by Gasteiger charge is 2.36. The molecule has 1 aromatic carbocycles. The number of benzene rings is 1. The van der Waals surface area contributed by atoms with Crippen molar-refractivity contribution in [3.63, 3.8) is 0 Å². The van der Waals surface area contributed by atoms with Gasteiger partial charge in [-0.2, -0.15) is 0 Å². The molecule has 1 heterocycles. The van der Waals surface area contributed by atoms with Crippen molar-refractivity contribution in [2.75, 3.05) is 30.9 Å². The molecular weight excluding hydrogens is 439 g/mol. The van der Waals surface area contributed by atoms with Gasteiger partial charge in [-0.15, -0.1) is 0 Å². The van der Waals surface area contributed by atoms with Crippen LogP contribution in [0.15, 0.2) is 30.5 Å². The van der Waals surface area contributed by atoms with Gasteiger partial charge in [-0.05, 0) is 74.6 Å². The topological polar surface area (TPSA) is 58.2 Å². The predicted molar refractivity (Wildman–Crippen MR) is 135 cm³/mol. The molecule has 0 amide bonds. The van der Waals surface area contributed by atoms with E-state index in [2.05, 4.69) is 34.8 Å². The van der Waals surface area contributed by atoms with Gasteiger partial charge in [0.05, 0.1) is 17.3 Å². The van der Waals surface area contributed by atoms with Crippen molar-refractivity contribution >= 4 is 23.1 Å². The third-order valence-corrected chi connectivity index (χ3v) is 7.26. The van der Waals surface area contributed by atoms with Crippen molar-refractivity contribution in [1.29, 1.82) is 0 Å². The molecule has 180 valence electrons. The van der Waals surface area contributed by atoms with Crippen LogP contribution < -0.4 is 16.0 Å². The SMILES string of the molecule is COC[C@H](C)NC1CCC(Nc2cc(-c3ccc(F)c(NCC4(C)CC4)c3)c(Cl)cn2)CC1. The molecule has 2 aliphatic rings. The van der Waals surface area contributed by atoms with Gasteiger partial charge in [0, 0.05) is 43.5 Å². The van der Waals surface area contributed by atoms with E-state index in [-0.39, 0.29) is 5.82 Å². The quantitative estimate of drug-likeness (QED) is 0.388. The maximum atomic E-state index is 14.4. The van der Waals surface area contributed by atoms with E-state index >= 15 is 0 Å². The number of methoxy groups -OCH3 is 1. The largest absolute Gasteiger partial charge is 0.383 e. The summed E-state index contributed by atoms with van der Waals surface area (Å²) >= 11 is 6.50. The van der Waals surface area contributed by atoms with Gasteiger partial charge in [0.15, 0.2) is 0 Å². The molecule has 1 atom stereocenters. The number of ether oxygens (including phenoxy) is 1. The maximum absolute atomic E-state index is 14.4. The zero-order chi connectivity index (χ0) is 23.4. The fraction of sp³-hybridized carbons (Fsp3) is 0.577. The lowest BCUT2D eigenvalue weighted by Gasteiger charge is -2.32. The first-order valence-electron chi connectivity index (χ1n) is 12.1. The fourth-order valence-corrected chi connectivity index (χ4v) is 4.79. The molecule has 0 radical (unpaired) electrons.